The van der Waals surface area contributed by atoms with Gasteiger partial charge in [-0.05, 0) is 36.8 Å². The normalized spacial score (nSPS) is 13.6. The zero-order valence-electron chi connectivity index (χ0n) is 11.9. The highest BCUT2D eigenvalue weighted by molar-refractivity contribution is 5.20. The number of aliphatic hydroxyl groups excluding tert-OH is 1. The van der Waals surface area contributed by atoms with E-state index in [1.165, 1.54) is 5.56 Å². The van der Waals surface area contributed by atoms with E-state index in [4.69, 9.17) is 5.11 Å². The van der Waals surface area contributed by atoms with Crippen molar-refractivity contribution < 1.29 is 5.11 Å². The Balaban J connectivity index is 2.53. The van der Waals surface area contributed by atoms with Gasteiger partial charge in [0.1, 0.15) is 0 Å². The maximum atomic E-state index is 8.76. The van der Waals surface area contributed by atoms with Gasteiger partial charge in [-0.3, -0.25) is 0 Å². The summed E-state index contributed by atoms with van der Waals surface area (Å²) in [4.78, 5) is 0. The first-order chi connectivity index (χ1) is 8.55. The molecule has 0 aromatic heterocycles. The summed E-state index contributed by atoms with van der Waals surface area (Å²) >= 11 is 0. The number of hydrogen-bond donors (Lipinski definition) is 2. The lowest BCUT2D eigenvalue weighted by atomic mass is 9.82. The highest BCUT2D eigenvalue weighted by Crippen LogP contribution is 2.32. The molecule has 0 bridgehead atoms. The second-order valence-corrected chi connectivity index (χ2v) is 5.95. The zero-order chi connectivity index (χ0) is 13.4. The predicted octanol–water partition coefficient (Wildman–Crippen LogP) is 3.53. The second-order valence-electron chi connectivity index (χ2n) is 5.95. The van der Waals surface area contributed by atoms with E-state index in [2.05, 4.69) is 56.4 Å². The van der Waals surface area contributed by atoms with Crippen LogP contribution in [0.25, 0.3) is 0 Å². The molecule has 1 unspecified atom stereocenters. The van der Waals surface area contributed by atoms with Crippen LogP contribution in [-0.4, -0.2) is 18.3 Å². The van der Waals surface area contributed by atoms with Crippen LogP contribution in [0.15, 0.2) is 30.3 Å². The van der Waals surface area contributed by atoms with Gasteiger partial charge >= 0.3 is 0 Å². The molecule has 1 aromatic rings. The number of hydrogen-bond acceptors (Lipinski definition) is 2. The lowest BCUT2D eigenvalue weighted by Crippen LogP contribution is -2.33. The highest BCUT2D eigenvalue weighted by atomic mass is 16.2. The van der Waals surface area contributed by atoms with Crippen LogP contribution in [0.5, 0.6) is 0 Å². The Hall–Kier alpha value is -0.860. The average molecular weight is 249 g/mol. The molecule has 1 atom stereocenters. The molecule has 0 saturated carbocycles. The van der Waals surface area contributed by atoms with E-state index >= 15 is 0 Å². The Kier molecular flexibility index (Phi) is 6.37. The van der Waals surface area contributed by atoms with Crippen molar-refractivity contribution in [2.24, 2.45) is 5.41 Å². The van der Waals surface area contributed by atoms with Crippen LogP contribution in [0.1, 0.15) is 51.6 Å². The Morgan fingerprint density at radius 3 is 2.28 bits per heavy atom. The number of rotatable bonds is 7. The minimum Gasteiger partial charge on any atom is -0.396 e. The van der Waals surface area contributed by atoms with Crippen LogP contribution in [0.3, 0.4) is 0 Å². The van der Waals surface area contributed by atoms with E-state index in [0.29, 0.717) is 12.6 Å². The van der Waals surface area contributed by atoms with Crippen molar-refractivity contribution >= 4 is 0 Å². The molecule has 2 N–H and O–H groups in total. The molecule has 0 aliphatic rings. The van der Waals surface area contributed by atoms with Gasteiger partial charge in [-0.1, -0.05) is 51.1 Å². The summed E-state index contributed by atoms with van der Waals surface area (Å²) in [5, 5.41) is 12.4. The highest BCUT2D eigenvalue weighted by Gasteiger charge is 2.25. The van der Waals surface area contributed by atoms with Crippen LogP contribution < -0.4 is 5.32 Å². The van der Waals surface area contributed by atoms with Crippen LogP contribution in [0.2, 0.25) is 0 Å². The number of nitrogens with one attached hydrogen (secondary N) is 1. The largest absolute Gasteiger partial charge is 0.396 e. The third-order valence-corrected chi connectivity index (χ3v) is 3.18. The molecule has 102 valence electrons. The molecule has 0 heterocycles. The summed E-state index contributed by atoms with van der Waals surface area (Å²) in [6.45, 7) is 8.13. The Labute approximate surface area is 111 Å². The van der Waals surface area contributed by atoms with Gasteiger partial charge in [0.25, 0.3) is 0 Å². The average Bonchev–Trinajstić information content (AvgIpc) is 2.33. The summed E-state index contributed by atoms with van der Waals surface area (Å²) in [7, 11) is 0. The van der Waals surface area contributed by atoms with E-state index in [9.17, 15) is 0 Å². The Bertz CT molecular complexity index is 316. The minimum absolute atomic E-state index is 0.207. The van der Waals surface area contributed by atoms with Gasteiger partial charge < -0.3 is 10.4 Å². The van der Waals surface area contributed by atoms with Gasteiger partial charge in [-0.15, -0.1) is 0 Å². The maximum Gasteiger partial charge on any atom is 0.0431 e. The van der Waals surface area contributed by atoms with Crippen molar-refractivity contribution in [2.45, 2.75) is 46.1 Å². The standard InChI is InChI=1S/C16H27NO/c1-16(2,3)15(14-10-6-4-7-11-14)17-12-8-5-9-13-18/h4,6-7,10-11,15,17-18H,5,8-9,12-13H2,1-3H3. The van der Waals surface area contributed by atoms with Gasteiger partial charge in [-0.2, -0.15) is 0 Å². The molecular formula is C16H27NO. The molecule has 0 aliphatic heterocycles. The van der Waals surface area contributed by atoms with Crippen LogP contribution in [0.4, 0.5) is 0 Å². The number of aliphatic hydroxyl groups is 1. The molecule has 2 nitrogen and oxygen atoms in total. The molecule has 0 amide bonds. The fourth-order valence-electron chi connectivity index (χ4n) is 2.23. The quantitative estimate of drug-likeness (QED) is 0.725. The van der Waals surface area contributed by atoms with Gasteiger partial charge in [0.2, 0.25) is 0 Å². The first kappa shape index (κ1) is 15.2. The van der Waals surface area contributed by atoms with E-state index in [0.717, 1.165) is 25.8 Å². The molecular weight excluding hydrogens is 222 g/mol. The van der Waals surface area contributed by atoms with Crippen molar-refractivity contribution in [1.82, 2.24) is 5.32 Å². The fourth-order valence-corrected chi connectivity index (χ4v) is 2.23. The topological polar surface area (TPSA) is 32.3 Å². The Morgan fingerprint density at radius 2 is 1.72 bits per heavy atom. The molecule has 0 aliphatic carbocycles. The molecule has 0 radical (unpaired) electrons. The molecule has 0 spiro atoms. The molecule has 1 rings (SSSR count). The van der Waals surface area contributed by atoms with E-state index in [-0.39, 0.29) is 5.41 Å². The number of benzene rings is 1. The van der Waals surface area contributed by atoms with Gasteiger partial charge in [-0.25, -0.2) is 0 Å². The molecule has 1 aromatic carbocycles. The van der Waals surface area contributed by atoms with Gasteiger partial charge in [0, 0.05) is 12.6 Å². The van der Waals surface area contributed by atoms with Gasteiger partial charge in [0.15, 0.2) is 0 Å². The van der Waals surface area contributed by atoms with E-state index in [1.54, 1.807) is 0 Å². The number of unbranched alkanes of at least 4 members (excludes halogenated alkanes) is 2. The second kappa shape index (κ2) is 7.55. The monoisotopic (exact) mass is 249 g/mol. The van der Waals surface area contributed by atoms with Crippen molar-refractivity contribution in [3.05, 3.63) is 35.9 Å². The SMILES string of the molecule is CC(C)(C)C(NCCCCCO)c1ccccc1. The van der Waals surface area contributed by atoms with Crippen molar-refractivity contribution in [2.75, 3.05) is 13.2 Å². The van der Waals surface area contributed by atoms with Crippen LogP contribution in [-0.2, 0) is 0 Å². The minimum atomic E-state index is 0.207. The summed E-state index contributed by atoms with van der Waals surface area (Å²) in [6.07, 6.45) is 3.13. The summed E-state index contributed by atoms with van der Waals surface area (Å²) in [5.74, 6) is 0. The smallest absolute Gasteiger partial charge is 0.0431 e. The predicted molar refractivity (Wildman–Crippen MR) is 77.6 cm³/mol. The maximum absolute atomic E-state index is 8.76. The molecule has 2 heteroatoms. The molecule has 18 heavy (non-hydrogen) atoms. The van der Waals surface area contributed by atoms with E-state index < -0.39 is 0 Å². The first-order valence-corrected chi connectivity index (χ1v) is 6.95. The van der Waals surface area contributed by atoms with E-state index in [1.807, 2.05) is 0 Å². The summed E-state index contributed by atoms with van der Waals surface area (Å²) in [5.41, 5.74) is 1.56. The Morgan fingerprint density at radius 1 is 1.06 bits per heavy atom. The lowest BCUT2D eigenvalue weighted by molar-refractivity contribution is 0.264. The first-order valence-electron chi connectivity index (χ1n) is 6.95. The molecule has 0 fully saturated rings. The van der Waals surface area contributed by atoms with Gasteiger partial charge in [0.05, 0.1) is 0 Å². The third kappa shape index (κ3) is 5.19. The van der Waals surface area contributed by atoms with Crippen molar-refractivity contribution in [3.8, 4) is 0 Å². The zero-order valence-corrected chi connectivity index (χ0v) is 11.9. The van der Waals surface area contributed by atoms with Crippen LogP contribution in [0, 0.1) is 5.41 Å². The van der Waals surface area contributed by atoms with Crippen molar-refractivity contribution in [1.29, 1.82) is 0 Å². The third-order valence-electron chi connectivity index (χ3n) is 3.18. The van der Waals surface area contributed by atoms with Crippen LogP contribution >= 0.6 is 0 Å². The summed E-state index contributed by atoms with van der Waals surface area (Å²) < 4.78 is 0. The fraction of sp³-hybridized carbons (Fsp3) is 0.625. The lowest BCUT2D eigenvalue weighted by Gasteiger charge is -2.32. The molecule has 0 saturated heterocycles. The summed E-state index contributed by atoms with van der Waals surface area (Å²) in [6, 6.07) is 11.0. The van der Waals surface area contributed by atoms with Crippen molar-refractivity contribution in [3.63, 3.8) is 0 Å².